The predicted octanol–water partition coefficient (Wildman–Crippen LogP) is 3.59. The van der Waals surface area contributed by atoms with E-state index in [2.05, 4.69) is 20.4 Å². The second-order valence-electron chi connectivity index (χ2n) is 11.5. The normalized spacial score (nSPS) is 25.8. The molecule has 5 aliphatic heterocycles. The third kappa shape index (κ3) is 4.51. The Morgan fingerprint density at radius 1 is 0.738 bits per heavy atom. The Balaban J connectivity index is 1.04. The largest absolute Gasteiger partial charge is 0.457 e. The minimum Gasteiger partial charge on any atom is -0.457 e. The summed E-state index contributed by atoms with van der Waals surface area (Å²) >= 11 is 0. The van der Waals surface area contributed by atoms with Gasteiger partial charge in [0.2, 0.25) is 11.9 Å². The molecule has 3 aromatic rings. The first-order valence-corrected chi connectivity index (χ1v) is 14.6. The van der Waals surface area contributed by atoms with Gasteiger partial charge in [0.15, 0.2) is 5.82 Å². The van der Waals surface area contributed by atoms with Crippen LogP contribution in [-0.2, 0) is 20.8 Å². The van der Waals surface area contributed by atoms with Crippen LogP contribution in [0, 0.1) is 0 Å². The third-order valence-electron chi connectivity index (χ3n) is 8.90. The second-order valence-corrected chi connectivity index (χ2v) is 11.5. The molecule has 42 heavy (non-hydrogen) atoms. The lowest BCUT2D eigenvalue weighted by Gasteiger charge is -2.37. The highest BCUT2D eigenvalue weighted by Crippen LogP contribution is 2.37. The van der Waals surface area contributed by atoms with Gasteiger partial charge in [0.1, 0.15) is 6.61 Å². The Morgan fingerprint density at radius 2 is 1.29 bits per heavy atom. The minimum atomic E-state index is -0.386. The lowest BCUT2D eigenvalue weighted by atomic mass is 10.1. The SMILES string of the molecule is O=C(Nc1ccc(-c2nc(N3C4CCC3COC4)nc(N3C4CCC3COC4)n2)cc1)Nc1ccc2c(c1)COC2=O. The van der Waals surface area contributed by atoms with Crippen LogP contribution in [0.5, 0.6) is 0 Å². The van der Waals surface area contributed by atoms with Gasteiger partial charge >= 0.3 is 12.0 Å². The minimum absolute atomic E-state index is 0.215. The number of hydrogen-bond acceptors (Lipinski definition) is 10. The van der Waals surface area contributed by atoms with Crippen molar-refractivity contribution in [3.63, 3.8) is 0 Å². The molecule has 216 valence electrons. The predicted molar refractivity (Wildman–Crippen MR) is 154 cm³/mol. The number of rotatable bonds is 5. The van der Waals surface area contributed by atoms with E-state index in [1.54, 1.807) is 18.2 Å². The number of urea groups is 1. The molecule has 1 aromatic heterocycles. The van der Waals surface area contributed by atoms with Gasteiger partial charge in [0.25, 0.3) is 0 Å². The number of carbonyl (C=O) groups excluding carboxylic acids is 2. The molecule has 0 saturated carbocycles. The van der Waals surface area contributed by atoms with Crippen LogP contribution < -0.4 is 20.4 Å². The Labute approximate surface area is 242 Å². The van der Waals surface area contributed by atoms with Crippen LogP contribution in [-0.4, -0.2) is 77.5 Å². The van der Waals surface area contributed by atoms with E-state index in [0.717, 1.165) is 36.8 Å². The first kappa shape index (κ1) is 25.4. The average molecular weight is 570 g/mol. The van der Waals surface area contributed by atoms with Gasteiger partial charge in [-0.2, -0.15) is 15.0 Å². The number of esters is 1. The Bertz CT molecular complexity index is 1470. The first-order valence-electron chi connectivity index (χ1n) is 14.6. The van der Waals surface area contributed by atoms with Crippen LogP contribution in [0.3, 0.4) is 0 Å². The highest BCUT2D eigenvalue weighted by Gasteiger charge is 2.42. The van der Waals surface area contributed by atoms with E-state index >= 15 is 0 Å². The summed E-state index contributed by atoms with van der Waals surface area (Å²) in [6.07, 6.45) is 4.29. The summed E-state index contributed by atoms with van der Waals surface area (Å²) in [6, 6.07) is 13.3. The summed E-state index contributed by atoms with van der Waals surface area (Å²) in [7, 11) is 0. The van der Waals surface area contributed by atoms with Crippen LogP contribution in [0.25, 0.3) is 11.4 Å². The fourth-order valence-electron chi connectivity index (χ4n) is 6.83. The number of amides is 2. The molecule has 4 atom stereocenters. The maximum Gasteiger partial charge on any atom is 0.338 e. The number of nitrogens with one attached hydrogen (secondary N) is 2. The van der Waals surface area contributed by atoms with Crippen molar-refractivity contribution >= 4 is 35.3 Å². The zero-order chi connectivity index (χ0) is 28.2. The van der Waals surface area contributed by atoms with E-state index < -0.39 is 0 Å². The maximum atomic E-state index is 12.7. The summed E-state index contributed by atoms with van der Waals surface area (Å²) in [4.78, 5) is 44.0. The molecule has 4 fully saturated rings. The number of anilines is 4. The number of ether oxygens (including phenoxy) is 3. The van der Waals surface area contributed by atoms with E-state index in [1.807, 2.05) is 24.3 Å². The van der Waals surface area contributed by atoms with E-state index in [1.165, 1.54) is 0 Å². The quantitative estimate of drug-likeness (QED) is 0.440. The molecule has 2 amide bonds. The van der Waals surface area contributed by atoms with Crippen molar-refractivity contribution in [3.05, 3.63) is 53.6 Å². The van der Waals surface area contributed by atoms with Crippen molar-refractivity contribution in [2.75, 3.05) is 46.9 Å². The molecule has 12 heteroatoms. The number of hydrogen-bond donors (Lipinski definition) is 2. The van der Waals surface area contributed by atoms with Crippen LogP contribution in [0.2, 0.25) is 0 Å². The topological polar surface area (TPSA) is 131 Å². The zero-order valence-electron chi connectivity index (χ0n) is 23.0. The molecule has 0 radical (unpaired) electrons. The highest BCUT2D eigenvalue weighted by atomic mass is 16.5. The standard InChI is InChI=1S/C30H31N7O5/c38-27-25-10-5-20(11-18(25)12-42-27)32-30(39)31-19-3-1-17(2-4-19)26-33-28(36-21-6-7-22(36)14-40-13-21)35-29(34-26)37-23-8-9-24(37)16-41-15-23/h1-5,10-11,21-24H,6-9,12-16H2,(H2,31,32,39). The van der Waals surface area contributed by atoms with Crippen LogP contribution >= 0.6 is 0 Å². The van der Waals surface area contributed by atoms with Crippen LogP contribution in [0.4, 0.5) is 28.1 Å². The molecular weight excluding hydrogens is 538 g/mol. The number of nitrogens with zero attached hydrogens (tertiary/aromatic N) is 5. The monoisotopic (exact) mass is 569 g/mol. The lowest BCUT2D eigenvalue weighted by Crippen LogP contribution is -2.48. The van der Waals surface area contributed by atoms with Crippen LogP contribution in [0.1, 0.15) is 41.6 Å². The molecule has 0 spiro atoms. The third-order valence-corrected chi connectivity index (χ3v) is 8.90. The van der Waals surface area contributed by atoms with E-state index in [0.29, 0.717) is 61.1 Å². The van der Waals surface area contributed by atoms with E-state index in [-0.39, 0.29) is 42.8 Å². The van der Waals surface area contributed by atoms with Gasteiger partial charge < -0.3 is 34.6 Å². The molecule has 0 aliphatic carbocycles. The maximum absolute atomic E-state index is 12.7. The molecule has 4 bridgehead atoms. The van der Waals surface area contributed by atoms with Crippen molar-refractivity contribution in [2.24, 2.45) is 0 Å². The molecule has 4 unspecified atom stereocenters. The van der Waals surface area contributed by atoms with Gasteiger partial charge in [0, 0.05) is 22.5 Å². The van der Waals surface area contributed by atoms with Gasteiger partial charge in [-0.3, -0.25) is 0 Å². The molecule has 5 aliphatic rings. The summed E-state index contributed by atoms with van der Waals surface area (Å²) in [5, 5.41) is 5.68. The van der Waals surface area contributed by atoms with Crippen molar-refractivity contribution in [2.45, 2.75) is 56.5 Å². The molecule has 6 heterocycles. The fourth-order valence-corrected chi connectivity index (χ4v) is 6.83. The van der Waals surface area contributed by atoms with Crippen molar-refractivity contribution in [3.8, 4) is 11.4 Å². The number of morpholine rings is 2. The van der Waals surface area contributed by atoms with E-state index in [4.69, 9.17) is 29.2 Å². The number of aromatic nitrogens is 3. The van der Waals surface area contributed by atoms with Crippen molar-refractivity contribution in [1.29, 1.82) is 0 Å². The van der Waals surface area contributed by atoms with Gasteiger partial charge in [-0.05, 0) is 68.1 Å². The van der Waals surface area contributed by atoms with Gasteiger partial charge in [-0.25, -0.2) is 9.59 Å². The lowest BCUT2D eigenvalue weighted by molar-refractivity contribution is 0.0535. The Hall–Kier alpha value is -4.29. The molecule has 2 N–H and O–H groups in total. The molecular formula is C30H31N7O5. The number of fused-ring (bicyclic) bond motifs is 5. The zero-order valence-corrected chi connectivity index (χ0v) is 23.0. The Kier molecular flexibility index (Phi) is 6.18. The summed E-state index contributed by atoms with van der Waals surface area (Å²) in [5.41, 5.74) is 3.34. The number of benzene rings is 2. The second kappa shape index (κ2) is 10.2. The average Bonchev–Trinajstić information content (AvgIpc) is 3.59. The molecule has 2 aromatic carbocycles. The Morgan fingerprint density at radius 3 is 1.88 bits per heavy atom. The van der Waals surface area contributed by atoms with Crippen LogP contribution in [0.15, 0.2) is 42.5 Å². The summed E-state index contributed by atoms with van der Waals surface area (Å²) < 4.78 is 16.7. The fraction of sp³-hybridized carbons (Fsp3) is 0.433. The highest BCUT2D eigenvalue weighted by molar-refractivity contribution is 6.01. The molecule has 12 nitrogen and oxygen atoms in total. The molecule has 4 saturated heterocycles. The summed E-state index contributed by atoms with van der Waals surface area (Å²) in [6.45, 7) is 2.97. The number of cyclic esters (lactones) is 1. The van der Waals surface area contributed by atoms with Gasteiger partial charge in [-0.15, -0.1) is 0 Å². The first-order chi connectivity index (χ1) is 20.6. The van der Waals surface area contributed by atoms with Gasteiger partial charge in [-0.1, -0.05) is 0 Å². The number of carbonyl (C=O) groups is 2. The van der Waals surface area contributed by atoms with Crippen molar-refractivity contribution in [1.82, 2.24) is 15.0 Å². The van der Waals surface area contributed by atoms with Crippen molar-refractivity contribution < 1.29 is 23.8 Å². The van der Waals surface area contributed by atoms with Gasteiger partial charge in [0.05, 0.1) is 56.2 Å². The smallest absolute Gasteiger partial charge is 0.338 e. The van der Waals surface area contributed by atoms with E-state index in [9.17, 15) is 9.59 Å². The molecule has 8 rings (SSSR count). The summed E-state index contributed by atoms with van der Waals surface area (Å²) in [5.74, 6) is 1.69.